The van der Waals surface area contributed by atoms with Gasteiger partial charge in [-0.1, -0.05) is 28.8 Å². The van der Waals surface area contributed by atoms with Crippen LogP contribution in [0.1, 0.15) is 16.8 Å². The van der Waals surface area contributed by atoms with Crippen molar-refractivity contribution in [1.29, 1.82) is 0 Å². The number of nitrogens with two attached hydrogens (primary N) is 1. The van der Waals surface area contributed by atoms with E-state index in [2.05, 4.69) is 40.8 Å². The summed E-state index contributed by atoms with van der Waals surface area (Å²) in [6.45, 7) is 2.13. The number of aromatic nitrogens is 2. The van der Waals surface area contributed by atoms with Crippen molar-refractivity contribution in [3.8, 4) is 0 Å². The van der Waals surface area contributed by atoms with Crippen LogP contribution in [0.3, 0.4) is 0 Å². The van der Waals surface area contributed by atoms with Gasteiger partial charge in [0.1, 0.15) is 10.7 Å². The highest BCUT2D eigenvalue weighted by molar-refractivity contribution is 7.97. The van der Waals surface area contributed by atoms with Crippen molar-refractivity contribution in [1.82, 2.24) is 9.59 Å². The van der Waals surface area contributed by atoms with Crippen molar-refractivity contribution in [3.05, 3.63) is 41.1 Å². The van der Waals surface area contributed by atoms with Crippen LogP contribution in [-0.2, 0) is 11.5 Å². The van der Waals surface area contributed by atoms with Gasteiger partial charge in [-0.25, -0.2) is 0 Å². The van der Waals surface area contributed by atoms with Crippen LogP contribution < -0.4 is 5.73 Å². The number of aryl methyl sites for hydroxylation is 1. The average molecular weight is 251 g/mol. The number of thioether (sulfide) groups is 1. The Morgan fingerprint density at radius 1 is 1.31 bits per heavy atom. The highest BCUT2D eigenvalue weighted by atomic mass is 32.2. The summed E-state index contributed by atoms with van der Waals surface area (Å²) in [7, 11) is 0. The van der Waals surface area contributed by atoms with E-state index in [0.717, 1.165) is 22.2 Å². The fourth-order valence-electron chi connectivity index (χ4n) is 1.35. The van der Waals surface area contributed by atoms with Crippen LogP contribution in [0.15, 0.2) is 24.3 Å². The van der Waals surface area contributed by atoms with Gasteiger partial charge in [-0.2, -0.15) is 11.8 Å². The van der Waals surface area contributed by atoms with Crippen molar-refractivity contribution in [3.63, 3.8) is 0 Å². The van der Waals surface area contributed by atoms with E-state index in [9.17, 15) is 0 Å². The first-order valence-corrected chi connectivity index (χ1v) is 6.89. The van der Waals surface area contributed by atoms with Gasteiger partial charge in [0, 0.05) is 23.0 Å². The van der Waals surface area contributed by atoms with Crippen LogP contribution in [0.4, 0.5) is 5.00 Å². The van der Waals surface area contributed by atoms with Gasteiger partial charge in [-0.05, 0) is 18.1 Å². The third kappa shape index (κ3) is 2.74. The molecule has 1 aromatic heterocycles. The first kappa shape index (κ1) is 11.4. The van der Waals surface area contributed by atoms with Crippen molar-refractivity contribution in [2.45, 2.75) is 18.4 Å². The maximum absolute atomic E-state index is 5.73. The largest absolute Gasteiger partial charge is 0.388 e. The number of nitrogens with zero attached hydrogens (tertiary/aromatic N) is 2. The van der Waals surface area contributed by atoms with E-state index in [4.69, 9.17) is 5.73 Å². The third-order valence-corrected chi connectivity index (χ3v) is 3.93. The van der Waals surface area contributed by atoms with Crippen LogP contribution in [0.5, 0.6) is 0 Å². The zero-order valence-electron chi connectivity index (χ0n) is 9.01. The minimum atomic E-state index is 0.734. The molecule has 0 saturated heterocycles. The van der Waals surface area contributed by atoms with E-state index in [1.807, 2.05) is 11.8 Å². The summed E-state index contributed by atoms with van der Waals surface area (Å²) in [5, 5.41) is 4.73. The molecule has 0 radical (unpaired) electrons. The SMILES string of the molecule is Cc1ccccc1CSCc1nnsc1N. The maximum Gasteiger partial charge on any atom is 0.131 e. The first-order chi connectivity index (χ1) is 7.77. The van der Waals surface area contributed by atoms with Gasteiger partial charge in [0.05, 0.1) is 0 Å². The molecule has 2 rings (SSSR count). The molecule has 16 heavy (non-hydrogen) atoms. The van der Waals surface area contributed by atoms with Gasteiger partial charge < -0.3 is 5.73 Å². The standard InChI is InChI=1S/C11H13N3S2/c1-8-4-2-3-5-9(8)6-15-7-10-11(12)16-14-13-10/h2-5H,6-7,12H2,1H3. The molecule has 84 valence electrons. The summed E-state index contributed by atoms with van der Waals surface area (Å²) >= 11 is 3.07. The molecule has 0 fully saturated rings. The highest BCUT2D eigenvalue weighted by Gasteiger charge is 2.04. The molecule has 0 amide bonds. The minimum absolute atomic E-state index is 0.734. The van der Waals surface area contributed by atoms with E-state index in [1.165, 1.54) is 22.7 Å². The summed E-state index contributed by atoms with van der Waals surface area (Å²) in [5.74, 6) is 1.82. The average Bonchev–Trinajstić information content (AvgIpc) is 2.67. The highest BCUT2D eigenvalue weighted by Crippen LogP contribution is 2.22. The Balaban J connectivity index is 1.89. The molecular formula is C11H13N3S2. The zero-order valence-corrected chi connectivity index (χ0v) is 10.6. The summed E-state index contributed by atoms with van der Waals surface area (Å²) in [4.78, 5) is 0. The van der Waals surface area contributed by atoms with Crippen molar-refractivity contribution in [2.75, 3.05) is 5.73 Å². The molecular weight excluding hydrogens is 238 g/mol. The Labute approximate surface area is 103 Å². The minimum Gasteiger partial charge on any atom is -0.388 e. The van der Waals surface area contributed by atoms with Crippen LogP contribution in [0.2, 0.25) is 0 Å². The molecule has 0 aliphatic rings. The molecule has 1 heterocycles. The molecule has 2 N–H and O–H groups in total. The Hall–Kier alpha value is -1.07. The molecule has 0 unspecified atom stereocenters. The Bertz CT molecular complexity index is 468. The smallest absolute Gasteiger partial charge is 0.131 e. The quantitative estimate of drug-likeness (QED) is 0.908. The van der Waals surface area contributed by atoms with Crippen LogP contribution in [0, 0.1) is 6.92 Å². The molecule has 0 aliphatic carbocycles. The zero-order chi connectivity index (χ0) is 11.4. The topological polar surface area (TPSA) is 51.8 Å². The molecule has 2 aromatic rings. The molecule has 3 nitrogen and oxygen atoms in total. The monoisotopic (exact) mass is 251 g/mol. The van der Waals surface area contributed by atoms with E-state index >= 15 is 0 Å². The molecule has 0 saturated carbocycles. The third-order valence-electron chi connectivity index (χ3n) is 2.34. The Morgan fingerprint density at radius 2 is 2.12 bits per heavy atom. The first-order valence-electron chi connectivity index (χ1n) is 4.96. The number of rotatable bonds is 4. The number of nitrogen functional groups attached to an aromatic ring is 1. The van der Waals surface area contributed by atoms with Gasteiger partial charge in [0.15, 0.2) is 0 Å². The van der Waals surface area contributed by atoms with Crippen LogP contribution >= 0.6 is 23.3 Å². The van der Waals surface area contributed by atoms with Crippen LogP contribution in [0.25, 0.3) is 0 Å². The molecule has 5 heteroatoms. The summed E-state index contributed by atoms with van der Waals surface area (Å²) in [6, 6.07) is 8.42. The van der Waals surface area contributed by atoms with Crippen LogP contribution in [-0.4, -0.2) is 9.59 Å². The molecule has 0 aliphatic heterocycles. The predicted octanol–water partition coefficient (Wildman–Crippen LogP) is 2.86. The lowest BCUT2D eigenvalue weighted by atomic mass is 10.1. The second kappa shape index (κ2) is 5.32. The number of hydrogen-bond donors (Lipinski definition) is 1. The van der Waals surface area contributed by atoms with E-state index in [1.54, 1.807) is 0 Å². The van der Waals surface area contributed by atoms with E-state index < -0.39 is 0 Å². The fourth-order valence-corrected chi connectivity index (χ4v) is 2.93. The Kier molecular flexibility index (Phi) is 3.79. The number of hydrogen-bond acceptors (Lipinski definition) is 5. The second-order valence-electron chi connectivity index (χ2n) is 3.50. The van der Waals surface area contributed by atoms with Gasteiger partial charge in [-0.15, -0.1) is 5.10 Å². The van der Waals surface area contributed by atoms with Gasteiger partial charge in [0.25, 0.3) is 0 Å². The second-order valence-corrected chi connectivity index (χ2v) is 5.27. The number of anilines is 1. The molecule has 0 spiro atoms. The van der Waals surface area contributed by atoms with Gasteiger partial charge in [0.2, 0.25) is 0 Å². The van der Waals surface area contributed by atoms with Crippen molar-refractivity contribution in [2.24, 2.45) is 0 Å². The lowest BCUT2D eigenvalue weighted by Crippen LogP contribution is -1.90. The fraction of sp³-hybridized carbons (Fsp3) is 0.273. The number of benzene rings is 1. The molecule has 1 aromatic carbocycles. The normalized spacial score (nSPS) is 10.6. The van der Waals surface area contributed by atoms with Crippen molar-refractivity contribution < 1.29 is 0 Å². The summed E-state index contributed by atoms with van der Waals surface area (Å²) in [5.41, 5.74) is 9.34. The van der Waals surface area contributed by atoms with Crippen molar-refractivity contribution >= 4 is 28.3 Å². The lowest BCUT2D eigenvalue weighted by Gasteiger charge is -2.04. The summed E-state index contributed by atoms with van der Waals surface area (Å²) < 4.78 is 3.82. The van der Waals surface area contributed by atoms with Gasteiger partial charge in [-0.3, -0.25) is 0 Å². The lowest BCUT2D eigenvalue weighted by molar-refractivity contribution is 1.08. The van der Waals surface area contributed by atoms with E-state index in [0.29, 0.717) is 0 Å². The molecule has 0 bridgehead atoms. The van der Waals surface area contributed by atoms with Gasteiger partial charge >= 0.3 is 0 Å². The molecule has 0 atom stereocenters. The Morgan fingerprint density at radius 3 is 2.81 bits per heavy atom. The van der Waals surface area contributed by atoms with E-state index in [-0.39, 0.29) is 0 Å². The summed E-state index contributed by atoms with van der Waals surface area (Å²) in [6.07, 6.45) is 0. The predicted molar refractivity (Wildman–Crippen MR) is 70.5 cm³/mol. The maximum atomic E-state index is 5.73.